The van der Waals surface area contributed by atoms with Crippen molar-refractivity contribution in [1.29, 1.82) is 0 Å². The Hall–Kier alpha value is -2.41. The quantitative estimate of drug-likeness (QED) is 0.687. The first kappa shape index (κ1) is 13.6. The van der Waals surface area contributed by atoms with Gasteiger partial charge in [-0.2, -0.15) is 10.2 Å². The number of imidazole rings is 1. The number of ether oxygens (including phenoxy) is 1. The number of hydrogen-bond acceptors (Lipinski definition) is 5. The van der Waals surface area contributed by atoms with Crippen LogP contribution >= 0.6 is 11.6 Å². The van der Waals surface area contributed by atoms with Crippen molar-refractivity contribution in [1.82, 2.24) is 24.4 Å². The van der Waals surface area contributed by atoms with Gasteiger partial charge < -0.3 is 4.74 Å². The van der Waals surface area contributed by atoms with Crippen molar-refractivity contribution in [3.05, 3.63) is 47.1 Å². The summed E-state index contributed by atoms with van der Waals surface area (Å²) in [6.45, 7) is 2.53. The van der Waals surface area contributed by atoms with Crippen LogP contribution in [0, 0.1) is 0 Å². The molecule has 0 saturated heterocycles. The highest BCUT2D eigenvalue weighted by molar-refractivity contribution is 6.29. The molecule has 3 aromatic heterocycles. The highest BCUT2D eigenvalue weighted by Crippen LogP contribution is 2.09. The number of aromatic nitrogens is 5. The molecule has 0 spiro atoms. The Morgan fingerprint density at radius 1 is 1.38 bits per heavy atom. The lowest BCUT2D eigenvalue weighted by Gasteiger charge is -1.97. The number of carbonyl (C=O) groups excluding carboxylic acids is 1. The molecule has 0 amide bonds. The molecule has 0 bridgehead atoms. The molecule has 0 saturated carbocycles. The summed E-state index contributed by atoms with van der Waals surface area (Å²) in [5.74, 6) is -0.382. The zero-order valence-electron chi connectivity index (χ0n) is 11.2. The molecule has 3 rings (SSSR count). The van der Waals surface area contributed by atoms with E-state index in [2.05, 4.69) is 15.2 Å². The molecular weight excluding hydrogens is 294 g/mol. The highest BCUT2D eigenvalue weighted by atomic mass is 35.5. The van der Waals surface area contributed by atoms with E-state index < -0.39 is 0 Å². The van der Waals surface area contributed by atoms with Gasteiger partial charge in [0.1, 0.15) is 5.15 Å². The minimum absolute atomic E-state index is 0.336. The summed E-state index contributed by atoms with van der Waals surface area (Å²) in [5, 5.41) is 8.63. The summed E-state index contributed by atoms with van der Waals surface area (Å²) in [7, 11) is 0. The molecule has 8 heteroatoms. The summed E-state index contributed by atoms with van der Waals surface area (Å²) in [5.41, 5.74) is 1.89. The molecule has 0 aliphatic heterocycles. The Bertz CT molecular complexity index is 795. The van der Waals surface area contributed by atoms with E-state index in [4.69, 9.17) is 16.3 Å². The van der Waals surface area contributed by atoms with Crippen LogP contribution in [0.4, 0.5) is 0 Å². The van der Waals surface area contributed by atoms with Crippen LogP contribution in [0.2, 0.25) is 5.15 Å². The number of hydrogen-bond donors (Lipinski definition) is 0. The predicted molar refractivity (Wildman–Crippen MR) is 75.3 cm³/mol. The van der Waals surface area contributed by atoms with Crippen LogP contribution < -0.4 is 0 Å². The zero-order valence-corrected chi connectivity index (χ0v) is 12.0. The van der Waals surface area contributed by atoms with Crippen molar-refractivity contribution in [2.24, 2.45) is 0 Å². The minimum Gasteiger partial charge on any atom is -0.462 e. The first-order chi connectivity index (χ1) is 10.2. The molecule has 0 fully saturated rings. The molecule has 0 radical (unpaired) electrons. The second kappa shape index (κ2) is 5.53. The predicted octanol–water partition coefficient (Wildman–Crippen LogP) is 1.80. The molecule has 0 atom stereocenters. The third kappa shape index (κ3) is 2.87. The first-order valence-corrected chi connectivity index (χ1v) is 6.74. The molecule has 0 aliphatic carbocycles. The lowest BCUT2D eigenvalue weighted by atomic mass is 10.4. The fourth-order valence-corrected chi connectivity index (χ4v) is 2.06. The Kier molecular flexibility index (Phi) is 3.57. The molecule has 0 N–H and O–H groups in total. The van der Waals surface area contributed by atoms with E-state index in [1.807, 2.05) is 0 Å². The molecule has 0 unspecified atom stereocenters. The minimum atomic E-state index is -0.382. The summed E-state index contributed by atoms with van der Waals surface area (Å²) >= 11 is 5.83. The molecule has 3 aromatic rings. The number of nitrogens with zero attached hydrogens (tertiary/aromatic N) is 5. The van der Waals surface area contributed by atoms with Crippen LogP contribution in [-0.2, 0) is 11.3 Å². The zero-order chi connectivity index (χ0) is 14.8. The van der Waals surface area contributed by atoms with Gasteiger partial charge in [-0.1, -0.05) is 11.6 Å². The van der Waals surface area contributed by atoms with Crippen molar-refractivity contribution < 1.29 is 9.53 Å². The Morgan fingerprint density at radius 3 is 3.05 bits per heavy atom. The summed E-state index contributed by atoms with van der Waals surface area (Å²) in [4.78, 5) is 16.0. The smallest absolute Gasteiger partial charge is 0.341 e. The molecular formula is C13H12ClN5O2. The van der Waals surface area contributed by atoms with Crippen LogP contribution in [0.25, 0.3) is 5.65 Å². The molecule has 7 nitrogen and oxygen atoms in total. The number of carbonyl (C=O) groups is 1. The number of rotatable bonds is 4. The average molecular weight is 306 g/mol. The van der Waals surface area contributed by atoms with Crippen LogP contribution in [0.3, 0.4) is 0 Å². The van der Waals surface area contributed by atoms with E-state index in [-0.39, 0.29) is 5.97 Å². The highest BCUT2D eigenvalue weighted by Gasteiger charge is 2.10. The monoisotopic (exact) mass is 305 g/mol. The van der Waals surface area contributed by atoms with Crippen LogP contribution in [0.5, 0.6) is 0 Å². The summed E-state index contributed by atoms with van der Waals surface area (Å²) < 4.78 is 8.14. The number of fused-ring (bicyclic) bond motifs is 1. The van der Waals surface area contributed by atoms with Crippen molar-refractivity contribution in [3.63, 3.8) is 0 Å². The van der Waals surface area contributed by atoms with Crippen molar-refractivity contribution in [3.8, 4) is 0 Å². The number of esters is 1. The van der Waals surface area contributed by atoms with Gasteiger partial charge in [0.15, 0.2) is 5.65 Å². The van der Waals surface area contributed by atoms with Gasteiger partial charge >= 0.3 is 5.97 Å². The fraction of sp³-hybridized carbons (Fsp3) is 0.231. The van der Waals surface area contributed by atoms with Gasteiger partial charge in [0.2, 0.25) is 0 Å². The standard InChI is InChI=1S/C13H12ClN5O2/c1-2-21-13(20)9-5-15-18(6-9)7-10-8-19-12(16-10)4-3-11(14)17-19/h3-6,8H,2,7H2,1H3. The lowest BCUT2D eigenvalue weighted by molar-refractivity contribution is 0.0526. The van der Waals surface area contributed by atoms with E-state index in [1.165, 1.54) is 6.20 Å². The Balaban J connectivity index is 1.80. The first-order valence-electron chi connectivity index (χ1n) is 6.36. The van der Waals surface area contributed by atoms with E-state index in [0.717, 1.165) is 5.69 Å². The average Bonchev–Trinajstić information content (AvgIpc) is 3.05. The van der Waals surface area contributed by atoms with E-state index in [0.29, 0.717) is 29.5 Å². The third-order valence-electron chi connectivity index (χ3n) is 2.81. The number of halogens is 1. The van der Waals surface area contributed by atoms with Crippen molar-refractivity contribution in [2.45, 2.75) is 13.5 Å². The van der Waals surface area contributed by atoms with E-state index in [9.17, 15) is 4.79 Å². The molecule has 3 heterocycles. The largest absolute Gasteiger partial charge is 0.462 e. The van der Waals surface area contributed by atoms with Gasteiger partial charge in [-0.05, 0) is 19.1 Å². The maximum atomic E-state index is 11.6. The topological polar surface area (TPSA) is 74.3 Å². The normalized spacial score (nSPS) is 11.0. The van der Waals surface area contributed by atoms with Gasteiger partial charge in [-0.3, -0.25) is 4.68 Å². The Morgan fingerprint density at radius 2 is 2.24 bits per heavy atom. The van der Waals surface area contributed by atoms with Crippen LogP contribution in [0.15, 0.2) is 30.7 Å². The lowest BCUT2D eigenvalue weighted by Crippen LogP contribution is -2.04. The van der Waals surface area contributed by atoms with Crippen molar-refractivity contribution in [2.75, 3.05) is 6.61 Å². The van der Waals surface area contributed by atoms with Crippen LogP contribution in [-0.4, -0.2) is 37.0 Å². The SMILES string of the molecule is CCOC(=O)c1cnn(Cc2cn3nc(Cl)ccc3n2)c1. The van der Waals surface area contributed by atoms with Gasteiger partial charge in [0.05, 0.1) is 36.8 Å². The fourth-order valence-electron chi connectivity index (χ4n) is 1.92. The maximum Gasteiger partial charge on any atom is 0.341 e. The Labute approximate surface area is 125 Å². The molecule has 0 aliphatic rings. The summed E-state index contributed by atoms with van der Waals surface area (Å²) in [6, 6.07) is 3.46. The van der Waals surface area contributed by atoms with Gasteiger partial charge in [-0.15, -0.1) is 0 Å². The molecule has 108 valence electrons. The van der Waals surface area contributed by atoms with Gasteiger partial charge in [0, 0.05) is 6.20 Å². The molecule has 21 heavy (non-hydrogen) atoms. The van der Waals surface area contributed by atoms with E-state index in [1.54, 1.807) is 40.6 Å². The summed E-state index contributed by atoms with van der Waals surface area (Å²) in [6.07, 6.45) is 4.87. The second-order valence-electron chi connectivity index (χ2n) is 4.34. The molecule has 0 aromatic carbocycles. The maximum absolute atomic E-state index is 11.6. The van der Waals surface area contributed by atoms with Gasteiger partial charge in [-0.25, -0.2) is 14.3 Å². The second-order valence-corrected chi connectivity index (χ2v) is 4.73. The van der Waals surface area contributed by atoms with Crippen molar-refractivity contribution >= 4 is 23.2 Å². The third-order valence-corrected chi connectivity index (χ3v) is 3.01. The van der Waals surface area contributed by atoms with Gasteiger partial charge in [0.25, 0.3) is 0 Å². The van der Waals surface area contributed by atoms with Crippen LogP contribution in [0.1, 0.15) is 23.0 Å². The van der Waals surface area contributed by atoms with E-state index >= 15 is 0 Å².